The first-order valence-electron chi connectivity index (χ1n) is 4.46. The molecule has 0 aromatic carbocycles. The van der Waals surface area contributed by atoms with Gasteiger partial charge in [-0.25, -0.2) is 0 Å². The SMILES string of the molecule is NC(CN1CCCOC(=O)C1)C(=O)O. The maximum atomic E-state index is 11.0. The summed E-state index contributed by atoms with van der Waals surface area (Å²) in [7, 11) is 0. The van der Waals surface area contributed by atoms with Crippen LogP contribution in [0.5, 0.6) is 0 Å². The number of aliphatic carboxylic acids is 1. The summed E-state index contributed by atoms with van der Waals surface area (Å²) in [5, 5.41) is 8.58. The van der Waals surface area contributed by atoms with Gasteiger partial charge in [-0.3, -0.25) is 14.5 Å². The van der Waals surface area contributed by atoms with E-state index in [1.54, 1.807) is 4.90 Å². The molecule has 14 heavy (non-hydrogen) atoms. The highest BCUT2D eigenvalue weighted by Gasteiger charge is 2.21. The molecule has 1 unspecified atom stereocenters. The molecule has 1 heterocycles. The van der Waals surface area contributed by atoms with Gasteiger partial charge in [0.25, 0.3) is 0 Å². The zero-order chi connectivity index (χ0) is 10.6. The molecule has 0 spiro atoms. The molecular formula is C8H14N2O4. The second-order valence-corrected chi connectivity index (χ2v) is 3.25. The van der Waals surface area contributed by atoms with E-state index in [4.69, 9.17) is 15.6 Å². The molecule has 1 aliphatic heterocycles. The topological polar surface area (TPSA) is 92.9 Å². The number of nitrogens with zero attached hydrogens (tertiary/aromatic N) is 1. The van der Waals surface area contributed by atoms with Gasteiger partial charge in [0.15, 0.2) is 0 Å². The van der Waals surface area contributed by atoms with Gasteiger partial charge in [0.2, 0.25) is 0 Å². The van der Waals surface area contributed by atoms with Gasteiger partial charge in [0.1, 0.15) is 6.04 Å². The Morgan fingerprint density at radius 2 is 2.43 bits per heavy atom. The number of hydrogen-bond donors (Lipinski definition) is 2. The standard InChI is InChI=1S/C8H14N2O4/c9-6(8(12)13)4-10-2-1-3-14-7(11)5-10/h6H,1-5,9H2,(H,12,13). The quantitative estimate of drug-likeness (QED) is 0.549. The van der Waals surface area contributed by atoms with Crippen LogP contribution in [0.1, 0.15) is 6.42 Å². The van der Waals surface area contributed by atoms with Gasteiger partial charge in [-0.15, -0.1) is 0 Å². The van der Waals surface area contributed by atoms with Crippen LogP contribution in [0.4, 0.5) is 0 Å². The third-order valence-corrected chi connectivity index (χ3v) is 2.01. The fourth-order valence-corrected chi connectivity index (χ4v) is 1.29. The Hall–Kier alpha value is -1.14. The number of esters is 1. The summed E-state index contributed by atoms with van der Waals surface area (Å²) in [6, 6.07) is -0.944. The third-order valence-electron chi connectivity index (χ3n) is 2.01. The zero-order valence-electron chi connectivity index (χ0n) is 7.81. The number of carboxylic acid groups (broad SMARTS) is 1. The number of nitrogens with two attached hydrogens (primary N) is 1. The summed E-state index contributed by atoms with van der Waals surface area (Å²) in [5.74, 6) is -1.37. The van der Waals surface area contributed by atoms with E-state index < -0.39 is 12.0 Å². The van der Waals surface area contributed by atoms with Crippen LogP contribution in [0.15, 0.2) is 0 Å². The summed E-state index contributed by atoms with van der Waals surface area (Å²) in [6.45, 7) is 1.36. The zero-order valence-corrected chi connectivity index (χ0v) is 7.81. The molecule has 1 saturated heterocycles. The highest BCUT2D eigenvalue weighted by molar-refractivity contribution is 5.74. The molecule has 0 aromatic rings. The van der Waals surface area contributed by atoms with Crippen molar-refractivity contribution in [2.45, 2.75) is 12.5 Å². The molecule has 6 nitrogen and oxygen atoms in total. The minimum atomic E-state index is -1.05. The number of carbonyl (C=O) groups excluding carboxylic acids is 1. The number of ether oxygens (including phenoxy) is 1. The van der Waals surface area contributed by atoms with E-state index in [2.05, 4.69) is 0 Å². The fourth-order valence-electron chi connectivity index (χ4n) is 1.29. The van der Waals surface area contributed by atoms with Crippen molar-refractivity contribution in [1.29, 1.82) is 0 Å². The number of cyclic esters (lactones) is 1. The van der Waals surface area contributed by atoms with E-state index in [0.717, 1.165) is 6.42 Å². The van der Waals surface area contributed by atoms with Crippen molar-refractivity contribution < 1.29 is 19.4 Å². The molecule has 1 rings (SSSR count). The Bertz CT molecular complexity index is 231. The van der Waals surface area contributed by atoms with Crippen molar-refractivity contribution in [2.75, 3.05) is 26.2 Å². The number of carbonyl (C=O) groups is 2. The lowest BCUT2D eigenvalue weighted by molar-refractivity contribution is -0.144. The van der Waals surface area contributed by atoms with Crippen molar-refractivity contribution in [2.24, 2.45) is 5.73 Å². The van der Waals surface area contributed by atoms with Crippen molar-refractivity contribution in [1.82, 2.24) is 4.90 Å². The normalized spacial score (nSPS) is 21.1. The lowest BCUT2D eigenvalue weighted by atomic mass is 10.3. The number of rotatable bonds is 3. The van der Waals surface area contributed by atoms with Gasteiger partial charge in [-0.05, 0) is 6.42 Å². The number of carboxylic acids is 1. The van der Waals surface area contributed by atoms with E-state index in [9.17, 15) is 9.59 Å². The van der Waals surface area contributed by atoms with Crippen LogP contribution in [0.25, 0.3) is 0 Å². The van der Waals surface area contributed by atoms with Gasteiger partial charge in [0, 0.05) is 13.1 Å². The first kappa shape index (κ1) is 10.9. The van der Waals surface area contributed by atoms with Crippen molar-refractivity contribution in [3.05, 3.63) is 0 Å². The van der Waals surface area contributed by atoms with Gasteiger partial charge in [-0.1, -0.05) is 0 Å². The summed E-state index contributed by atoms with van der Waals surface area (Å²) >= 11 is 0. The predicted molar refractivity (Wildman–Crippen MR) is 47.6 cm³/mol. The molecule has 1 fully saturated rings. The van der Waals surface area contributed by atoms with Crippen LogP contribution in [0.2, 0.25) is 0 Å². The molecule has 0 aliphatic carbocycles. The fraction of sp³-hybridized carbons (Fsp3) is 0.750. The second kappa shape index (κ2) is 4.92. The molecule has 0 aromatic heterocycles. The molecule has 0 radical (unpaired) electrons. The van der Waals surface area contributed by atoms with E-state index in [1.807, 2.05) is 0 Å². The molecule has 0 bridgehead atoms. The van der Waals surface area contributed by atoms with Crippen molar-refractivity contribution in [3.8, 4) is 0 Å². The van der Waals surface area contributed by atoms with Crippen LogP contribution < -0.4 is 5.73 Å². The molecule has 1 atom stereocenters. The lowest BCUT2D eigenvalue weighted by Crippen LogP contribution is -2.44. The summed E-state index contributed by atoms with van der Waals surface area (Å²) in [4.78, 5) is 23.2. The van der Waals surface area contributed by atoms with E-state index in [-0.39, 0.29) is 19.1 Å². The molecule has 6 heteroatoms. The maximum Gasteiger partial charge on any atom is 0.321 e. The Balaban J connectivity index is 2.42. The number of hydrogen-bond acceptors (Lipinski definition) is 5. The van der Waals surface area contributed by atoms with Crippen LogP contribution >= 0.6 is 0 Å². The molecule has 80 valence electrons. The monoisotopic (exact) mass is 202 g/mol. The Kier molecular flexibility index (Phi) is 3.84. The molecule has 3 N–H and O–H groups in total. The Morgan fingerprint density at radius 1 is 1.71 bits per heavy atom. The van der Waals surface area contributed by atoms with Gasteiger partial charge in [0.05, 0.1) is 13.2 Å². The molecule has 0 saturated carbocycles. The van der Waals surface area contributed by atoms with Gasteiger partial charge < -0.3 is 15.6 Å². The molecule has 1 aliphatic rings. The van der Waals surface area contributed by atoms with Crippen LogP contribution in [0, 0.1) is 0 Å². The van der Waals surface area contributed by atoms with E-state index in [1.165, 1.54) is 0 Å². The second-order valence-electron chi connectivity index (χ2n) is 3.25. The first-order chi connectivity index (χ1) is 6.59. The van der Waals surface area contributed by atoms with Crippen molar-refractivity contribution in [3.63, 3.8) is 0 Å². The minimum absolute atomic E-state index is 0.126. The average Bonchev–Trinajstić information content (AvgIpc) is 2.29. The van der Waals surface area contributed by atoms with Crippen LogP contribution in [-0.2, 0) is 14.3 Å². The van der Waals surface area contributed by atoms with Crippen LogP contribution in [-0.4, -0.2) is 54.2 Å². The van der Waals surface area contributed by atoms with Gasteiger partial charge >= 0.3 is 11.9 Å². The Morgan fingerprint density at radius 3 is 3.07 bits per heavy atom. The third kappa shape index (κ3) is 3.31. The summed E-state index contributed by atoms with van der Waals surface area (Å²) in [6.07, 6.45) is 0.720. The predicted octanol–water partition coefficient (Wildman–Crippen LogP) is -1.35. The van der Waals surface area contributed by atoms with Gasteiger partial charge in [-0.2, -0.15) is 0 Å². The minimum Gasteiger partial charge on any atom is -0.480 e. The lowest BCUT2D eigenvalue weighted by Gasteiger charge is -2.19. The first-order valence-corrected chi connectivity index (χ1v) is 4.46. The maximum absolute atomic E-state index is 11.0. The van der Waals surface area contributed by atoms with Crippen molar-refractivity contribution >= 4 is 11.9 Å². The summed E-state index contributed by atoms with van der Waals surface area (Å²) in [5.41, 5.74) is 5.35. The molecule has 0 amide bonds. The largest absolute Gasteiger partial charge is 0.480 e. The Labute approximate surface area is 81.6 Å². The van der Waals surface area contributed by atoms with E-state index >= 15 is 0 Å². The smallest absolute Gasteiger partial charge is 0.321 e. The highest BCUT2D eigenvalue weighted by atomic mass is 16.5. The average molecular weight is 202 g/mol. The summed E-state index contributed by atoms with van der Waals surface area (Å²) < 4.78 is 4.81. The van der Waals surface area contributed by atoms with Crippen LogP contribution in [0.3, 0.4) is 0 Å². The highest BCUT2D eigenvalue weighted by Crippen LogP contribution is 2.00. The van der Waals surface area contributed by atoms with E-state index in [0.29, 0.717) is 13.2 Å². The molecular weight excluding hydrogens is 188 g/mol.